The van der Waals surface area contributed by atoms with E-state index in [0.717, 1.165) is 12.8 Å². The molecule has 1 saturated heterocycles. The molecule has 6 nitrogen and oxygen atoms in total. The highest BCUT2D eigenvalue weighted by Crippen LogP contribution is 2.17. The number of piperazine rings is 1. The molecule has 1 aromatic carbocycles. The van der Waals surface area contributed by atoms with E-state index in [1.807, 2.05) is 0 Å². The van der Waals surface area contributed by atoms with Crippen molar-refractivity contribution in [3.63, 3.8) is 0 Å². The Morgan fingerprint density at radius 3 is 2.38 bits per heavy atom. The van der Waals surface area contributed by atoms with Gasteiger partial charge in [-0.15, -0.1) is 0 Å². The van der Waals surface area contributed by atoms with Gasteiger partial charge in [0.05, 0.1) is 6.54 Å². The minimum atomic E-state index is -0.336. The molecule has 1 aromatic rings. The number of halogens is 1. The zero-order valence-electron chi connectivity index (χ0n) is 15.0. The molecule has 26 heavy (non-hydrogen) atoms. The molecular formula is C19H26FN3O3. The molecule has 3 rings (SSSR count). The molecule has 1 heterocycles. The molecule has 1 N–H and O–H groups in total. The highest BCUT2D eigenvalue weighted by Gasteiger charge is 2.24. The molecule has 1 aliphatic carbocycles. The molecule has 0 unspecified atom stereocenters. The molecule has 1 saturated carbocycles. The highest BCUT2D eigenvalue weighted by atomic mass is 19.1. The molecule has 142 valence electrons. The van der Waals surface area contributed by atoms with E-state index in [0.29, 0.717) is 44.5 Å². The number of hydrogen-bond acceptors (Lipinski definition) is 4. The van der Waals surface area contributed by atoms with Crippen molar-refractivity contribution >= 4 is 11.8 Å². The molecule has 2 amide bonds. The summed E-state index contributed by atoms with van der Waals surface area (Å²) in [4.78, 5) is 28.1. The predicted molar refractivity (Wildman–Crippen MR) is 95.3 cm³/mol. The lowest BCUT2D eigenvalue weighted by Gasteiger charge is -2.34. The van der Waals surface area contributed by atoms with Crippen LogP contribution >= 0.6 is 0 Å². The number of rotatable bonds is 6. The average Bonchev–Trinajstić information content (AvgIpc) is 3.14. The molecule has 1 aliphatic heterocycles. The molecule has 0 atom stereocenters. The summed E-state index contributed by atoms with van der Waals surface area (Å²) in [6, 6.07) is 5.95. The van der Waals surface area contributed by atoms with Crippen LogP contribution < -0.4 is 10.1 Å². The number of ether oxygens (including phenoxy) is 1. The number of nitrogens with one attached hydrogen (secondary N) is 1. The fourth-order valence-corrected chi connectivity index (χ4v) is 3.47. The minimum Gasteiger partial charge on any atom is -0.484 e. The lowest BCUT2D eigenvalue weighted by Crippen LogP contribution is -2.52. The largest absolute Gasteiger partial charge is 0.484 e. The smallest absolute Gasteiger partial charge is 0.260 e. The van der Waals surface area contributed by atoms with E-state index in [1.54, 1.807) is 4.90 Å². The molecule has 0 spiro atoms. The van der Waals surface area contributed by atoms with Crippen molar-refractivity contribution in [2.45, 2.75) is 31.7 Å². The second kappa shape index (κ2) is 8.98. The van der Waals surface area contributed by atoms with Crippen molar-refractivity contribution in [2.75, 3.05) is 39.3 Å². The van der Waals surface area contributed by atoms with Gasteiger partial charge in [0, 0.05) is 32.2 Å². The molecule has 0 radical (unpaired) electrons. The fraction of sp³-hybridized carbons (Fsp3) is 0.579. The van der Waals surface area contributed by atoms with Crippen molar-refractivity contribution in [3.05, 3.63) is 30.1 Å². The van der Waals surface area contributed by atoms with Crippen molar-refractivity contribution < 1.29 is 18.7 Å². The van der Waals surface area contributed by atoms with Gasteiger partial charge in [0.25, 0.3) is 5.91 Å². The lowest BCUT2D eigenvalue weighted by molar-refractivity contribution is -0.135. The number of hydrogen-bond donors (Lipinski definition) is 1. The van der Waals surface area contributed by atoms with Gasteiger partial charge >= 0.3 is 0 Å². The van der Waals surface area contributed by atoms with Gasteiger partial charge in [-0.2, -0.15) is 0 Å². The molecule has 2 aliphatic rings. The summed E-state index contributed by atoms with van der Waals surface area (Å²) < 4.78 is 18.3. The van der Waals surface area contributed by atoms with Crippen LogP contribution in [0.2, 0.25) is 0 Å². The first-order chi connectivity index (χ1) is 12.6. The monoisotopic (exact) mass is 363 g/mol. The van der Waals surface area contributed by atoms with Crippen LogP contribution in [-0.4, -0.2) is 67.0 Å². The Labute approximate surface area is 153 Å². The van der Waals surface area contributed by atoms with E-state index < -0.39 is 0 Å². The maximum Gasteiger partial charge on any atom is 0.260 e. The lowest BCUT2D eigenvalue weighted by atomic mass is 10.2. The van der Waals surface area contributed by atoms with Gasteiger partial charge < -0.3 is 15.0 Å². The Balaban J connectivity index is 1.35. The van der Waals surface area contributed by atoms with Crippen LogP contribution in [0, 0.1) is 5.82 Å². The second-order valence-electron chi connectivity index (χ2n) is 6.95. The van der Waals surface area contributed by atoms with Gasteiger partial charge in [-0.25, -0.2) is 4.39 Å². The number of nitrogens with zero attached hydrogens (tertiary/aromatic N) is 2. The molecule has 7 heteroatoms. The summed E-state index contributed by atoms with van der Waals surface area (Å²) in [7, 11) is 0. The SMILES string of the molecule is O=C(CN1CCN(C(=O)COc2ccc(F)cc2)CC1)NC1CCCC1. The third kappa shape index (κ3) is 5.42. The van der Waals surface area contributed by atoms with E-state index in [9.17, 15) is 14.0 Å². The summed E-state index contributed by atoms with van der Waals surface area (Å²) in [5.41, 5.74) is 0. The molecule has 0 aromatic heterocycles. The minimum absolute atomic E-state index is 0.0617. The van der Waals surface area contributed by atoms with E-state index in [-0.39, 0.29) is 24.2 Å². The normalized spacial score (nSPS) is 18.7. The quantitative estimate of drug-likeness (QED) is 0.830. The zero-order chi connectivity index (χ0) is 18.4. The number of carbonyl (C=O) groups is 2. The van der Waals surface area contributed by atoms with E-state index in [2.05, 4.69) is 10.2 Å². The third-order valence-corrected chi connectivity index (χ3v) is 4.99. The summed E-state index contributed by atoms with van der Waals surface area (Å²) in [6.07, 6.45) is 4.57. The highest BCUT2D eigenvalue weighted by molar-refractivity contribution is 5.79. The van der Waals surface area contributed by atoms with Crippen LogP contribution in [0.5, 0.6) is 5.75 Å². The average molecular weight is 363 g/mol. The van der Waals surface area contributed by atoms with Gasteiger partial charge in [-0.05, 0) is 37.1 Å². The third-order valence-electron chi connectivity index (χ3n) is 4.99. The van der Waals surface area contributed by atoms with Crippen LogP contribution in [0.15, 0.2) is 24.3 Å². The van der Waals surface area contributed by atoms with Gasteiger partial charge in [-0.3, -0.25) is 14.5 Å². The Morgan fingerprint density at radius 2 is 1.73 bits per heavy atom. The Hall–Kier alpha value is -2.15. The number of amides is 2. The van der Waals surface area contributed by atoms with Gasteiger partial charge in [0.1, 0.15) is 11.6 Å². The van der Waals surface area contributed by atoms with Crippen molar-refractivity contribution in [1.82, 2.24) is 15.1 Å². The van der Waals surface area contributed by atoms with Gasteiger partial charge in [-0.1, -0.05) is 12.8 Å². The van der Waals surface area contributed by atoms with Crippen LogP contribution in [0.25, 0.3) is 0 Å². The second-order valence-corrected chi connectivity index (χ2v) is 6.95. The Kier molecular flexibility index (Phi) is 6.44. The number of carbonyl (C=O) groups excluding carboxylic acids is 2. The van der Waals surface area contributed by atoms with Gasteiger partial charge in [0.15, 0.2) is 6.61 Å². The maximum atomic E-state index is 12.9. The first-order valence-electron chi connectivity index (χ1n) is 9.28. The van der Waals surface area contributed by atoms with Crippen molar-refractivity contribution in [2.24, 2.45) is 0 Å². The first-order valence-corrected chi connectivity index (χ1v) is 9.28. The number of benzene rings is 1. The zero-order valence-corrected chi connectivity index (χ0v) is 15.0. The fourth-order valence-electron chi connectivity index (χ4n) is 3.47. The van der Waals surface area contributed by atoms with Crippen molar-refractivity contribution in [1.29, 1.82) is 0 Å². The summed E-state index contributed by atoms with van der Waals surface area (Å²) in [5.74, 6) is 0.124. The summed E-state index contributed by atoms with van der Waals surface area (Å²) >= 11 is 0. The predicted octanol–water partition coefficient (Wildman–Crippen LogP) is 1.41. The van der Waals surface area contributed by atoms with Crippen LogP contribution in [-0.2, 0) is 9.59 Å². The first kappa shape index (κ1) is 18.6. The summed E-state index contributed by atoms with van der Waals surface area (Å²) in [6.45, 7) is 2.86. The van der Waals surface area contributed by atoms with E-state index >= 15 is 0 Å². The molecule has 0 bridgehead atoms. The van der Waals surface area contributed by atoms with Crippen LogP contribution in [0.4, 0.5) is 4.39 Å². The molecule has 2 fully saturated rings. The van der Waals surface area contributed by atoms with E-state index in [1.165, 1.54) is 37.1 Å². The molecular weight excluding hydrogens is 337 g/mol. The Morgan fingerprint density at radius 1 is 1.08 bits per heavy atom. The summed E-state index contributed by atoms with van der Waals surface area (Å²) in [5, 5.41) is 3.09. The van der Waals surface area contributed by atoms with Gasteiger partial charge in [0.2, 0.25) is 5.91 Å². The van der Waals surface area contributed by atoms with Crippen LogP contribution in [0.1, 0.15) is 25.7 Å². The Bertz CT molecular complexity index is 609. The maximum absolute atomic E-state index is 12.9. The van der Waals surface area contributed by atoms with E-state index in [4.69, 9.17) is 4.74 Å². The standard InChI is InChI=1S/C19H26FN3O3/c20-15-5-7-17(8-6-15)26-14-19(25)23-11-9-22(10-12-23)13-18(24)21-16-3-1-2-4-16/h5-8,16H,1-4,9-14H2,(H,21,24). The van der Waals surface area contributed by atoms with Crippen molar-refractivity contribution in [3.8, 4) is 5.75 Å². The van der Waals surface area contributed by atoms with Crippen LogP contribution in [0.3, 0.4) is 0 Å². The topological polar surface area (TPSA) is 61.9 Å².